The van der Waals surface area contributed by atoms with Crippen LogP contribution in [0.25, 0.3) is 0 Å². The molecule has 4 N–H and O–H groups in total. The Morgan fingerprint density at radius 3 is 2.43 bits per heavy atom. The molecule has 0 aliphatic heterocycles. The maximum absolute atomic E-state index is 11.1. The molecule has 0 aliphatic carbocycles. The van der Waals surface area contributed by atoms with Gasteiger partial charge >= 0.3 is 5.97 Å². The summed E-state index contributed by atoms with van der Waals surface area (Å²) in [6.45, 7) is 1.83. The Morgan fingerprint density at radius 2 is 2.00 bits per heavy atom. The molecule has 9 heteroatoms. The fraction of sp³-hybridized carbons (Fsp3) is 0.167. The lowest BCUT2D eigenvalue weighted by atomic mass is 10.3. The summed E-state index contributed by atoms with van der Waals surface area (Å²) in [5, 5.41) is 17.5. The molecule has 7 nitrogen and oxygen atoms in total. The number of carboxylic acids is 1. The molecule has 0 unspecified atom stereocenters. The van der Waals surface area contributed by atoms with Crippen LogP contribution in [0.2, 0.25) is 0 Å². The summed E-state index contributed by atoms with van der Waals surface area (Å²) in [5.41, 5.74) is 1.10. The van der Waals surface area contributed by atoms with Crippen molar-refractivity contribution in [1.82, 2.24) is 4.98 Å². The van der Waals surface area contributed by atoms with Gasteiger partial charge in [-0.2, -0.15) is 0 Å². The molecule has 1 aromatic carbocycles. The predicted octanol–water partition coefficient (Wildman–Crippen LogP) is 1.79. The van der Waals surface area contributed by atoms with E-state index in [1.165, 1.54) is 24.3 Å². The normalized spacial score (nSPS) is 11.3. The molecule has 2 aromatic rings. The standard InChI is InChI=1S/C12H13N3O4S2/c1-2-9-10(11(16)17)20-12(15-9)14-7-3-5-8(6-4-7)21(13,18)19/h3-6H,2H2,1H3,(H,14,15)(H,16,17)(H2,13,18,19). The zero-order chi connectivity index (χ0) is 15.6. The monoisotopic (exact) mass is 327 g/mol. The topological polar surface area (TPSA) is 122 Å². The number of primary sulfonamides is 1. The number of carboxylic acid groups (broad SMARTS) is 1. The Labute approximate surface area is 125 Å². The van der Waals surface area contributed by atoms with Crippen molar-refractivity contribution in [3.8, 4) is 0 Å². The zero-order valence-electron chi connectivity index (χ0n) is 11.0. The Kier molecular flexibility index (Phi) is 4.26. The molecule has 0 saturated carbocycles. The van der Waals surface area contributed by atoms with Gasteiger partial charge in [0.2, 0.25) is 10.0 Å². The number of rotatable bonds is 5. The average molecular weight is 327 g/mol. The van der Waals surface area contributed by atoms with E-state index in [4.69, 9.17) is 10.2 Å². The number of carbonyl (C=O) groups is 1. The molecule has 0 amide bonds. The first-order valence-corrected chi connectivity index (χ1v) is 8.30. The largest absolute Gasteiger partial charge is 0.477 e. The van der Waals surface area contributed by atoms with Crippen LogP contribution in [0.5, 0.6) is 0 Å². The van der Waals surface area contributed by atoms with Gasteiger partial charge in [0.25, 0.3) is 0 Å². The SMILES string of the molecule is CCc1nc(Nc2ccc(S(N)(=O)=O)cc2)sc1C(=O)O. The smallest absolute Gasteiger partial charge is 0.347 e. The molecule has 0 aliphatic rings. The van der Waals surface area contributed by atoms with E-state index in [2.05, 4.69) is 10.3 Å². The highest BCUT2D eigenvalue weighted by atomic mass is 32.2. The summed E-state index contributed by atoms with van der Waals surface area (Å²) in [6, 6.07) is 5.80. The number of nitrogens with one attached hydrogen (secondary N) is 1. The molecular formula is C12H13N3O4S2. The van der Waals surface area contributed by atoms with Gasteiger partial charge in [0.15, 0.2) is 5.13 Å². The summed E-state index contributed by atoms with van der Waals surface area (Å²) >= 11 is 1.03. The van der Waals surface area contributed by atoms with Crippen molar-refractivity contribution >= 4 is 38.1 Å². The van der Waals surface area contributed by atoms with Crippen LogP contribution < -0.4 is 10.5 Å². The number of thiazole rings is 1. The maximum atomic E-state index is 11.1. The van der Waals surface area contributed by atoms with Crippen molar-refractivity contribution in [3.05, 3.63) is 34.8 Å². The summed E-state index contributed by atoms with van der Waals surface area (Å²) in [4.78, 5) is 15.5. The van der Waals surface area contributed by atoms with Crippen LogP contribution >= 0.6 is 11.3 Å². The molecule has 0 fully saturated rings. The second-order valence-electron chi connectivity index (χ2n) is 4.15. The van der Waals surface area contributed by atoms with Crippen molar-refractivity contribution in [3.63, 3.8) is 0 Å². The minimum Gasteiger partial charge on any atom is -0.477 e. The number of aromatic nitrogens is 1. The van der Waals surface area contributed by atoms with Gasteiger partial charge < -0.3 is 10.4 Å². The Balaban J connectivity index is 2.24. The summed E-state index contributed by atoms with van der Waals surface area (Å²) < 4.78 is 22.3. The highest BCUT2D eigenvalue weighted by molar-refractivity contribution is 7.89. The number of aromatic carboxylic acids is 1. The molecule has 21 heavy (non-hydrogen) atoms. The van der Waals surface area contributed by atoms with Crippen LogP contribution in [0.15, 0.2) is 29.2 Å². The molecular weight excluding hydrogens is 314 g/mol. The molecule has 1 aromatic heterocycles. The van der Waals surface area contributed by atoms with Crippen LogP contribution in [-0.4, -0.2) is 24.5 Å². The maximum Gasteiger partial charge on any atom is 0.347 e. The van der Waals surface area contributed by atoms with Crippen molar-refractivity contribution in [1.29, 1.82) is 0 Å². The van der Waals surface area contributed by atoms with Gasteiger partial charge in [0.05, 0.1) is 10.6 Å². The van der Waals surface area contributed by atoms with E-state index in [0.717, 1.165) is 11.3 Å². The van der Waals surface area contributed by atoms with E-state index in [1.54, 1.807) is 0 Å². The van der Waals surface area contributed by atoms with Gasteiger partial charge in [-0.3, -0.25) is 0 Å². The number of anilines is 2. The van der Waals surface area contributed by atoms with Gasteiger partial charge in [-0.1, -0.05) is 18.3 Å². The third-order valence-corrected chi connectivity index (χ3v) is 4.59. The first-order chi connectivity index (χ1) is 9.81. The molecule has 0 bridgehead atoms. The van der Waals surface area contributed by atoms with Crippen LogP contribution in [0, 0.1) is 0 Å². The van der Waals surface area contributed by atoms with E-state index in [0.29, 0.717) is 22.9 Å². The molecule has 0 radical (unpaired) electrons. The lowest BCUT2D eigenvalue weighted by Gasteiger charge is -2.03. The average Bonchev–Trinajstić information content (AvgIpc) is 2.81. The first kappa shape index (κ1) is 15.4. The number of sulfonamides is 1. The lowest BCUT2D eigenvalue weighted by molar-refractivity contribution is 0.0701. The van der Waals surface area contributed by atoms with Crippen LogP contribution in [-0.2, 0) is 16.4 Å². The number of nitrogens with zero attached hydrogens (tertiary/aromatic N) is 1. The second kappa shape index (κ2) is 5.80. The third kappa shape index (κ3) is 3.57. The molecule has 0 spiro atoms. The molecule has 0 saturated heterocycles. The van der Waals surface area contributed by atoms with Crippen LogP contribution in [0.4, 0.5) is 10.8 Å². The van der Waals surface area contributed by atoms with E-state index in [-0.39, 0.29) is 9.77 Å². The number of benzene rings is 1. The van der Waals surface area contributed by atoms with Crippen LogP contribution in [0.3, 0.4) is 0 Å². The Morgan fingerprint density at radius 1 is 1.38 bits per heavy atom. The van der Waals surface area contributed by atoms with Gasteiger partial charge in [-0.05, 0) is 30.7 Å². The molecule has 112 valence electrons. The predicted molar refractivity (Wildman–Crippen MR) is 79.5 cm³/mol. The first-order valence-electron chi connectivity index (χ1n) is 5.94. The van der Waals surface area contributed by atoms with Gasteiger partial charge in [-0.25, -0.2) is 23.3 Å². The van der Waals surface area contributed by atoms with Crippen molar-refractivity contribution in [2.75, 3.05) is 5.32 Å². The minimum atomic E-state index is -3.73. The summed E-state index contributed by atoms with van der Waals surface area (Å²) in [6.07, 6.45) is 0.518. The summed E-state index contributed by atoms with van der Waals surface area (Å²) in [5.74, 6) is -1.01. The summed E-state index contributed by atoms with van der Waals surface area (Å²) in [7, 11) is -3.73. The zero-order valence-corrected chi connectivity index (χ0v) is 12.7. The van der Waals surface area contributed by atoms with Gasteiger partial charge in [-0.15, -0.1) is 0 Å². The van der Waals surface area contributed by atoms with Crippen molar-refractivity contribution in [2.45, 2.75) is 18.2 Å². The number of hydrogen-bond acceptors (Lipinski definition) is 6. The molecule has 2 rings (SSSR count). The van der Waals surface area contributed by atoms with Crippen molar-refractivity contribution < 1.29 is 18.3 Å². The van der Waals surface area contributed by atoms with Gasteiger partial charge in [0.1, 0.15) is 4.88 Å². The van der Waals surface area contributed by atoms with E-state index in [1.807, 2.05) is 6.92 Å². The Hall–Kier alpha value is -1.97. The number of aryl methyl sites for hydroxylation is 1. The molecule has 0 atom stereocenters. The van der Waals surface area contributed by atoms with E-state index < -0.39 is 16.0 Å². The quantitative estimate of drug-likeness (QED) is 0.769. The van der Waals surface area contributed by atoms with E-state index >= 15 is 0 Å². The highest BCUT2D eigenvalue weighted by Gasteiger charge is 2.16. The second-order valence-corrected chi connectivity index (χ2v) is 6.71. The number of nitrogens with two attached hydrogens (primary N) is 1. The third-order valence-electron chi connectivity index (χ3n) is 2.66. The van der Waals surface area contributed by atoms with Crippen LogP contribution in [0.1, 0.15) is 22.3 Å². The Bertz CT molecular complexity index is 766. The minimum absolute atomic E-state index is 0.00709. The van der Waals surface area contributed by atoms with E-state index in [9.17, 15) is 13.2 Å². The van der Waals surface area contributed by atoms with Crippen molar-refractivity contribution in [2.24, 2.45) is 5.14 Å². The lowest BCUT2D eigenvalue weighted by Crippen LogP contribution is -2.11. The highest BCUT2D eigenvalue weighted by Crippen LogP contribution is 2.27. The molecule has 1 heterocycles. The van der Waals surface area contributed by atoms with Gasteiger partial charge in [0, 0.05) is 5.69 Å². The fourth-order valence-electron chi connectivity index (χ4n) is 1.66. The number of hydrogen-bond donors (Lipinski definition) is 3. The fourth-order valence-corrected chi connectivity index (χ4v) is 3.09.